The van der Waals surface area contributed by atoms with Crippen molar-refractivity contribution in [1.29, 1.82) is 5.26 Å². The molecule has 0 aliphatic heterocycles. The number of methoxy groups -OCH3 is 2. The molecular formula is C10H11N2O2S-. The Bertz CT molecular complexity index is 397. The molecule has 0 amide bonds. The predicted octanol–water partition coefficient (Wildman–Crippen LogP) is 1.32. The van der Waals surface area contributed by atoms with E-state index >= 15 is 0 Å². The van der Waals surface area contributed by atoms with Gasteiger partial charge >= 0.3 is 0 Å². The fourth-order valence-corrected chi connectivity index (χ4v) is 1.28. The topological polar surface area (TPSA) is 55.1 Å². The van der Waals surface area contributed by atoms with Crippen LogP contribution in [-0.2, 0) is 27.9 Å². The largest absolute Gasteiger partial charge is 0.759 e. The number of nitrogens with zero attached hydrogens (tertiary/aromatic N) is 2. The second-order valence-corrected chi connectivity index (χ2v) is 3.40. The Balaban J connectivity index is 3.18. The van der Waals surface area contributed by atoms with E-state index in [0.29, 0.717) is 11.3 Å². The van der Waals surface area contributed by atoms with Crippen molar-refractivity contribution < 1.29 is 9.47 Å². The molecule has 15 heavy (non-hydrogen) atoms. The summed E-state index contributed by atoms with van der Waals surface area (Å²) in [6.45, 7) is 1.73. The molecule has 0 bridgehead atoms. The van der Waals surface area contributed by atoms with Gasteiger partial charge in [0.15, 0.2) is 0 Å². The van der Waals surface area contributed by atoms with Gasteiger partial charge in [0.25, 0.3) is 0 Å². The van der Waals surface area contributed by atoms with E-state index in [1.165, 1.54) is 14.2 Å². The van der Waals surface area contributed by atoms with Crippen molar-refractivity contribution in [2.45, 2.75) is 17.7 Å². The Morgan fingerprint density at radius 2 is 2.00 bits per heavy atom. The molecule has 0 saturated carbocycles. The summed E-state index contributed by atoms with van der Waals surface area (Å²) in [6, 6.07) is 5.24. The van der Waals surface area contributed by atoms with Gasteiger partial charge in [-0.25, -0.2) is 0 Å². The lowest BCUT2D eigenvalue weighted by Crippen LogP contribution is -2.28. The summed E-state index contributed by atoms with van der Waals surface area (Å²) < 4.78 is 10.4. The van der Waals surface area contributed by atoms with Crippen LogP contribution in [0.3, 0.4) is 0 Å². The van der Waals surface area contributed by atoms with Crippen molar-refractivity contribution in [2.75, 3.05) is 14.2 Å². The highest BCUT2D eigenvalue weighted by Gasteiger charge is 2.26. The second kappa shape index (κ2) is 4.53. The molecule has 0 spiro atoms. The molecule has 1 heterocycles. The molecule has 0 N–H and O–H groups in total. The average molecular weight is 223 g/mol. The van der Waals surface area contributed by atoms with Gasteiger partial charge in [-0.2, -0.15) is 5.26 Å². The first-order chi connectivity index (χ1) is 7.07. The van der Waals surface area contributed by atoms with Crippen molar-refractivity contribution in [1.82, 2.24) is 4.98 Å². The highest BCUT2D eigenvalue weighted by atomic mass is 32.1. The predicted molar refractivity (Wildman–Crippen MR) is 56.0 cm³/mol. The Labute approximate surface area is 94.3 Å². The maximum Gasteiger partial charge on any atom is 0.208 e. The fourth-order valence-electron chi connectivity index (χ4n) is 1.07. The summed E-state index contributed by atoms with van der Waals surface area (Å²) in [7, 11) is 3.04. The summed E-state index contributed by atoms with van der Waals surface area (Å²) in [5, 5.41) is 8.97. The van der Waals surface area contributed by atoms with Crippen LogP contribution in [-0.4, -0.2) is 19.2 Å². The van der Waals surface area contributed by atoms with Crippen molar-refractivity contribution in [3.8, 4) is 6.07 Å². The van der Waals surface area contributed by atoms with Crippen LogP contribution in [0.5, 0.6) is 0 Å². The molecule has 4 nitrogen and oxygen atoms in total. The summed E-state index contributed by atoms with van der Waals surface area (Å²) >= 11 is 4.96. The molecule has 0 fully saturated rings. The molecule has 80 valence electrons. The number of hydrogen-bond donors (Lipinski definition) is 0. The highest BCUT2D eigenvalue weighted by Crippen LogP contribution is 2.24. The smallest absolute Gasteiger partial charge is 0.208 e. The molecule has 0 aromatic carbocycles. The van der Waals surface area contributed by atoms with Gasteiger partial charge in [-0.15, -0.1) is 0 Å². The van der Waals surface area contributed by atoms with Crippen molar-refractivity contribution in [2.24, 2.45) is 0 Å². The number of nitriles is 1. The molecule has 0 unspecified atom stereocenters. The Kier molecular flexibility index (Phi) is 3.58. The Morgan fingerprint density at radius 1 is 1.40 bits per heavy atom. The van der Waals surface area contributed by atoms with Gasteiger partial charge in [0.1, 0.15) is 0 Å². The molecule has 0 saturated heterocycles. The van der Waals surface area contributed by atoms with Gasteiger partial charge in [-0.1, -0.05) is 5.03 Å². The molecule has 0 atom stereocenters. The number of hydrogen-bond acceptors (Lipinski definition) is 5. The summed E-state index contributed by atoms with van der Waals surface area (Å²) in [5.41, 5.74) is 0.930. The molecule has 5 heteroatoms. The molecule has 0 aliphatic carbocycles. The number of ether oxygens (including phenoxy) is 2. The van der Waals surface area contributed by atoms with E-state index < -0.39 is 5.79 Å². The zero-order chi connectivity index (χ0) is 11.5. The van der Waals surface area contributed by atoms with E-state index in [4.69, 9.17) is 27.4 Å². The van der Waals surface area contributed by atoms with Crippen LogP contribution in [0.2, 0.25) is 0 Å². The Morgan fingerprint density at radius 3 is 2.40 bits per heavy atom. The lowest BCUT2D eigenvalue weighted by atomic mass is 10.1. The third-order valence-electron chi connectivity index (χ3n) is 2.23. The molecule has 1 aromatic heterocycles. The average Bonchev–Trinajstić information content (AvgIpc) is 2.28. The molecule has 0 radical (unpaired) electrons. The van der Waals surface area contributed by atoms with Gasteiger partial charge in [0.2, 0.25) is 5.79 Å². The van der Waals surface area contributed by atoms with Gasteiger partial charge in [-0.05, 0) is 19.1 Å². The first-order valence-electron chi connectivity index (χ1n) is 4.26. The van der Waals surface area contributed by atoms with E-state index in [2.05, 4.69) is 4.98 Å². The highest BCUT2D eigenvalue weighted by molar-refractivity contribution is 7.58. The minimum absolute atomic E-state index is 0.260. The van der Waals surface area contributed by atoms with E-state index in [0.717, 1.165) is 0 Å². The number of pyridine rings is 1. The van der Waals surface area contributed by atoms with Crippen molar-refractivity contribution in [3.63, 3.8) is 0 Å². The van der Waals surface area contributed by atoms with Gasteiger partial charge < -0.3 is 22.1 Å². The van der Waals surface area contributed by atoms with Crippen LogP contribution in [0.15, 0.2) is 17.2 Å². The quantitative estimate of drug-likeness (QED) is 0.571. The van der Waals surface area contributed by atoms with E-state index in [-0.39, 0.29) is 5.03 Å². The lowest BCUT2D eigenvalue weighted by Gasteiger charge is -2.26. The maximum atomic E-state index is 8.71. The monoisotopic (exact) mass is 223 g/mol. The van der Waals surface area contributed by atoms with Crippen LogP contribution in [0.25, 0.3) is 0 Å². The summed E-state index contributed by atoms with van der Waals surface area (Å²) in [6.07, 6.45) is 0. The SMILES string of the molecule is COC(C)(OC)c1ccc(C#N)c([S-])n1. The van der Waals surface area contributed by atoms with Gasteiger partial charge in [0.05, 0.1) is 17.3 Å². The normalized spacial score (nSPS) is 11.1. The van der Waals surface area contributed by atoms with Gasteiger partial charge in [0, 0.05) is 14.2 Å². The minimum atomic E-state index is -0.929. The first kappa shape index (κ1) is 11.9. The standard InChI is InChI=1S/C10H12N2O2S/c1-10(13-2,14-3)8-5-4-7(6-11)9(15)12-8/h4-5H,1-3H3,(H,12,15)/p-1. The third kappa shape index (κ3) is 2.23. The molecule has 0 aliphatic rings. The van der Waals surface area contributed by atoms with Crippen LogP contribution in [0, 0.1) is 11.3 Å². The lowest BCUT2D eigenvalue weighted by molar-refractivity contribution is -0.204. The third-order valence-corrected chi connectivity index (χ3v) is 2.54. The fraction of sp³-hybridized carbons (Fsp3) is 0.400. The van der Waals surface area contributed by atoms with E-state index in [1.807, 2.05) is 6.07 Å². The number of aromatic nitrogens is 1. The minimum Gasteiger partial charge on any atom is -0.759 e. The maximum absolute atomic E-state index is 8.71. The zero-order valence-corrected chi connectivity index (χ0v) is 9.59. The van der Waals surface area contributed by atoms with Crippen LogP contribution in [0.1, 0.15) is 18.2 Å². The second-order valence-electron chi connectivity index (χ2n) is 3.01. The molecule has 1 aromatic rings. The first-order valence-corrected chi connectivity index (χ1v) is 4.67. The Hall–Kier alpha value is -1.22. The number of rotatable bonds is 3. The van der Waals surface area contributed by atoms with E-state index in [9.17, 15) is 0 Å². The zero-order valence-electron chi connectivity index (χ0n) is 8.77. The van der Waals surface area contributed by atoms with Gasteiger partial charge in [-0.3, -0.25) is 4.98 Å². The van der Waals surface area contributed by atoms with E-state index in [1.54, 1.807) is 19.1 Å². The summed E-state index contributed by atoms with van der Waals surface area (Å²) in [5.74, 6) is -0.929. The van der Waals surface area contributed by atoms with Crippen LogP contribution < -0.4 is 0 Å². The van der Waals surface area contributed by atoms with Crippen LogP contribution in [0.4, 0.5) is 0 Å². The summed E-state index contributed by atoms with van der Waals surface area (Å²) in [4.78, 5) is 4.10. The van der Waals surface area contributed by atoms with Crippen molar-refractivity contribution >= 4 is 12.6 Å². The van der Waals surface area contributed by atoms with Crippen molar-refractivity contribution in [3.05, 3.63) is 23.4 Å². The molecule has 1 rings (SSSR count). The molecular weight excluding hydrogens is 212 g/mol. The van der Waals surface area contributed by atoms with Crippen LogP contribution >= 0.6 is 0 Å².